The maximum absolute atomic E-state index is 5.98. The largest absolute Gasteiger partial charge is 0.367 e. The maximum Gasteiger partial charge on any atom is 0.0985 e. The Morgan fingerprint density at radius 3 is 2.71 bits per heavy atom. The fourth-order valence-corrected chi connectivity index (χ4v) is 2.68. The summed E-state index contributed by atoms with van der Waals surface area (Å²) in [5.74, 6) is 0. The molecule has 0 saturated carbocycles. The first-order valence-electron chi connectivity index (χ1n) is 5.25. The number of morpholine rings is 1. The van der Waals surface area contributed by atoms with Crippen molar-refractivity contribution in [2.45, 2.75) is 24.7 Å². The van der Waals surface area contributed by atoms with Crippen LogP contribution in [0, 0.1) is 0 Å². The molecule has 0 aromatic heterocycles. The molecule has 2 aliphatic heterocycles. The summed E-state index contributed by atoms with van der Waals surface area (Å²) in [7, 11) is 2.20. The van der Waals surface area contributed by atoms with Gasteiger partial charge in [0.25, 0.3) is 0 Å². The second-order valence-corrected chi connectivity index (χ2v) is 4.33. The number of likely N-dealkylation sites (tertiary alicyclic amines) is 1. The zero-order valence-electron chi connectivity index (χ0n) is 8.39. The molecule has 0 aliphatic carbocycles. The molecule has 2 bridgehead atoms. The molecule has 2 heterocycles. The van der Waals surface area contributed by atoms with E-state index in [9.17, 15) is 0 Å². The average molecular weight is 189 g/mol. The molecule has 0 spiro atoms. The van der Waals surface area contributed by atoms with E-state index in [-0.39, 0.29) is 0 Å². The van der Waals surface area contributed by atoms with Crippen LogP contribution in [0.3, 0.4) is 0 Å². The summed E-state index contributed by atoms with van der Waals surface area (Å²) in [4.78, 5) is 2.42. The highest BCUT2D eigenvalue weighted by Gasteiger charge is 2.44. The molecule has 3 unspecified atom stereocenters. The molecule has 74 valence electrons. The Morgan fingerprint density at radius 2 is 2.07 bits per heavy atom. The lowest BCUT2D eigenvalue weighted by Crippen LogP contribution is -2.35. The van der Waals surface area contributed by atoms with Crippen molar-refractivity contribution in [2.75, 3.05) is 13.6 Å². The highest BCUT2D eigenvalue weighted by Crippen LogP contribution is 2.40. The van der Waals surface area contributed by atoms with E-state index in [0.717, 1.165) is 6.54 Å². The monoisotopic (exact) mass is 189 g/mol. The van der Waals surface area contributed by atoms with E-state index in [1.807, 2.05) is 0 Å². The maximum atomic E-state index is 5.98. The predicted octanol–water partition coefficient (Wildman–Crippen LogP) is 1.83. The summed E-state index contributed by atoms with van der Waals surface area (Å²) >= 11 is 0. The van der Waals surface area contributed by atoms with Crippen molar-refractivity contribution >= 4 is 0 Å². The normalized spacial score (nSPS) is 36.5. The summed E-state index contributed by atoms with van der Waals surface area (Å²) in [6.07, 6.45) is 1.98. The summed E-state index contributed by atoms with van der Waals surface area (Å²) < 4.78 is 5.98. The molecule has 1 aromatic rings. The van der Waals surface area contributed by atoms with Gasteiger partial charge in [0.05, 0.1) is 12.2 Å². The zero-order valence-corrected chi connectivity index (χ0v) is 8.39. The minimum absolute atomic E-state index is 0.306. The highest BCUT2D eigenvalue weighted by molar-refractivity contribution is 5.21. The van der Waals surface area contributed by atoms with E-state index in [0.29, 0.717) is 18.2 Å². The lowest BCUT2D eigenvalue weighted by Gasteiger charge is -2.30. The number of likely N-dealkylation sites (N-methyl/N-ethyl adjacent to an activating group) is 1. The first-order chi connectivity index (χ1) is 6.84. The second kappa shape index (κ2) is 3.07. The number of nitrogens with zero attached hydrogens (tertiary/aromatic N) is 1. The third kappa shape index (κ3) is 1.18. The summed E-state index contributed by atoms with van der Waals surface area (Å²) in [6, 6.07) is 11.2. The molecule has 1 aromatic carbocycles. The lowest BCUT2D eigenvalue weighted by molar-refractivity contribution is -0.0269. The zero-order chi connectivity index (χ0) is 9.54. The summed E-state index contributed by atoms with van der Waals surface area (Å²) in [6.45, 7) is 1.11. The van der Waals surface area contributed by atoms with Crippen molar-refractivity contribution < 1.29 is 4.74 Å². The van der Waals surface area contributed by atoms with Gasteiger partial charge in [0.1, 0.15) is 0 Å². The molecule has 0 N–H and O–H groups in total. The molecule has 2 nitrogen and oxygen atoms in total. The molecule has 3 rings (SSSR count). The van der Waals surface area contributed by atoms with Gasteiger partial charge in [-0.15, -0.1) is 0 Å². The Bertz CT molecular complexity index is 324. The van der Waals surface area contributed by atoms with E-state index < -0.39 is 0 Å². The third-order valence-corrected chi connectivity index (χ3v) is 3.38. The van der Waals surface area contributed by atoms with Crippen LogP contribution in [-0.4, -0.2) is 30.6 Å². The van der Waals surface area contributed by atoms with Crippen molar-refractivity contribution in [1.29, 1.82) is 0 Å². The first kappa shape index (κ1) is 8.45. The number of rotatable bonds is 1. The number of benzene rings is 1. The van der Waals surface area contributed by atoms with Gasteiger partial charge in [-0.3, -0.25) is 4.90 Å². The minimum Gasteiger partial charge on any atom is -0.367 e. The molecule has 0 radical (unpaired) electrons. The molecule has 3 atom stereocenters. The van der Waals surface area contributed by atoms with Crippen molar-refractivity contribution in [2.24, 2.45) is 0 Å². The molecular weight excluding hydrogens is 174 g/mol. The van der Waals surface area contributed by atoms with Gasteiger partial charge in [-0.2, -0.15) is 0 Å². The molecule has 14 heavy (non-hydrogen) atoms. The Labute approximate surface area is 84.5 Å². The van der Waals surface area contributed by atoms with Crippen LogP contribution in [-0.2, 0) is 4.74 Å². The van der Waals surface area contributed by atoms with Crippen LogP contribution in [0.1, 0.15) is 18.1 Å². The first-order valence-corrected chi connectivity index (χ1v) is 5.25. The van der Waals surface area contributed by atoms with Gasteiger partial charge in [-0.05, 0) is 19.0 Å². The van der Waals surface area contributed by atoms with Crippen LogP contribution in [0.25, 0.3) is 0 Å². The van der Waals surface area contributed by atoms with Crippen LogP contribution >= 0.6 is 0 Å². The summed E-state index contributed by atoms with van der Waals surface area (Å²) in [5.41, 5.74) is 1.33. The van der Waals surface area contributed by atoms with E-state index in [1.54, 1.807) is 0 Å². The predicted molar refractivity (Wildman–Crippen MR) is 55.1 cm³/mol. The highest BCUT2D eigenvalue weighted by atomic mass is 16.5. The standard InChI is InChI=1S/C12H15NO/c1-13-8-10-7-11(13)12(14-10)9-5-3-2-4-6-9/h2-6,10-12H,7-8H2,1H3. The average Bonchev–Trinajstić information content (AvgIpc) is 2.77. The van der Waals surface area contributed by atoms with Crippen molar-refractivity contribution in [1.82, 2.24) is 4.90 Å². The fourth-order valence-electron chi connectivity index (χ4n) is 2.68. The van der Waals surface area contributed by atoms with Gasteiger partial charge >= 0.3 is 0 Å². The number of hydrogen-bond donors (Lipinski definition) is 0. The van der Waals surface area contributed by atoms with Crippen LogP contribution < -0.4 is 0 Å². The Balaban J connectivity index is 1.88. The minimum atomic E-state index is 0.306. The Morgan fingerprint density at radius 1 is 1.29 bits per heavy atom. The van der Waals surface area contributed by atoms with Crippen LogP contribution in [0.15, 0.2) is 30.3 Å². The fraction of sp³-hybridized carbons (Fsp3) is 0.500. The molecule has 2 aliphatic rings. The molecule has 0 amide bonds. The number of hydrogen-bond acceptors (Lipinski definition) is 2. The van der Waals surface area contributed by atoms with Gasteiger partial charge in [0, 0.05) is 12.6 Å². The number of fused-ring (bicyclic) bond motifs is 2. The van der Waals surface area contributed by atoms with Crippen LogP contribution in [0.5, 0.6) is 0 Å². The topological polar surface area (TPSA) is 12.5 Å². The molecular formula is C12H15NO. The number of ether oxygens (including phenoxy) is 1. The molecule has 2 fully saturated rings. The van der Waals surface area contributed by atoms with Gasteiger partial charge in [-0.25, -0.2) is 0 Å². The van der Waals surface area contributed by atoms with Gasteiger partial charge in [0.15, 0.2) is 0 Å². The Kier molecular flexibility index (Phi) is 1.85. The lowest BCUT2D eigenvalue weighted by atomic mass is 10.0. The molecule has 2 saturated heterocycles. The molecule has 2 heteroatoms. The smallest absolute Gasteiger partial charge is 0.0985 e. The van der Waals surface area contributed by atoms with E-state index in [1.165, 1.54) is 12.0 Å². The van der Waals surface area contributed by atoms with E-state index in [4.69, 9.17) is 4.74 Å². The van der Waals surface area contributed by atoms with Crippen molar-refractivity contribution in [3.63, 3.8) is 0 Å². The van der Waals surface area contributed by atoms with E-state index in [2.05, 4.69) is 42.3 Å². The van der Waals surface area contributed by atoms with Crippen molar-refractivity contribution in [3.05, 3.63) is 35.9 Å². The van der Waals surface area contributed by atoms with Gasteiger partial charge < -0.3 is 4.74 Å². The van der Waals surface area contributed by atoms with Gasteiger partial charge in [-0.1, -0.05) is 30.3 Å². The van der Waals surface area contributed by atoms with Crippen LogP contribution in [0.2, 0.25) is 0 Å². The van der Waals surface area contributed by atoms with Crippen molar-refractivity contribution in [3.8, 4) is 0 Å². The Hall–Kier alpha value is -0.860. The summed E-state index contributed by atoms with van der Waals surface area (Å²) in [5, 5.41) is 0. The van der Waals surface area contributed by atoms with Crippen LogP contribution in [0.4, 0.5) is 0 Å². The van der Waals surface area contributed by atoms with E-state index >= 15 is 0 Å². The SMILES string of the molecule is CN1CC2CC1C(c1ccccc1)O2. The quantitative estimate of drug-likeness (QED) is 0.668. The second-order valence-electron chi connectivity index (χ2n) is 4.33. The third-order valence-electron chi connectivity index (χ3n) is 3.38. The van der Waals surface area contributed by atoms with Gasteiger partial charge in [0.2, 0.25) is 0 Å².